The molecule has 0 aromatic carbocycles. The maximum atomic E-state index is 10.9. The van der Waals surface area contributed by atoms with Crippen molar-refractivity contribution in [1.29, 1.82) is 0 Å². The van der Waals surface area contributed by atoms with Crippen LogP contribution in [0.4, 0.5) is 0 Å². The van der Waals surface area contributed by atoms with E-state index in [4.69, 9.17) is 6.42 Å². The molecule has 0 amide bonds. The summed E-state index contributed by atoms with van der Waals surface area (Å²) in [6.45, 7) is 0. The lowest BCUT2D eigenvalue weighted by Gasteiger charge is -1.99. The van der Waals surface area contributed by atoms with Gasteiger partial charge in [-0.3, -0.25) is 4.79 Å². The third kappa shape index (κ3) is 17.8. The first kappa shape index (κ1) is 20.9. The standard InChI is InChI=1S/C21H28O2/c1-3-4-5-6-7-8-9-10-11-12-13-14-15-16-17-18-19-20-21(22)23-2/h1,4-5H,6-9,14-20H2,2H3/b5-4+. The number of rotatable bonds is 11. The number of esters is 1. The lowest BCUT2D eigenvalue weighted by Crippen LogP contribution is -1.99. The van der Waals surface area contributed by atoms with E-state index in [0.717, 1.165) is 64.2 Å². The number of methoxy groups -OCH3 is 1. The summed E-state index contributed by atoms with van der Waals surface area (Å²) < 4.78 is 4.60. The number of unbranched alkanes of at least 4 members (excludes halogenated alkanes) is 8. The van der Waals surface area contributed by atoms with Crippen molar-refractivity contribution in [2.45, 2.75) is 70.6 Å². The highest BCUT2D eigenvalue weighted by molar-refractivity contribution is 5.68. The van der Waals surface area contributed by atoms with E-state index in [1.54, 1.807) is 6.08 Å². The topological polar surface area (TPSA) is 26.3 Å². The predicted octanol–water partition coefficient (Wildman–Crippen LogP) is 4.65. The van der Waals surface area contributed by atoms with Crippen LogP contribution in [-0.4, -0.2) is 13.1 Å². The Hall–Kier alpha value is -2.11. The third-order valence-electron chi connectivity index (χ3n) is 3.29. The molecule has 0 N–H and O–H groups in total. The second kappa shape index (κ2) is 17.9. The Morgan fingerprint density at radius 3 is 2.22 bits per heavy atom. The van der Waals surface area contributed by atoms with Gasteiger partial charge in [-0.15, -0.1) is 6.42 Å². The second-order valence-corrected chi connectivity index (χ2v) is 5.26. The second-order valence-electron chi connectivity index (χ2n) is 5.26. The van der Waals surface area contributed by atoms with Crippen molar-refractivity contribution in [3.8, 4) is 36.0 Å². The zero-order chi connectivity index (χ0) is 17.0. The molecule has 0 spiro atoms. The minimum Gasteiger partial charge on any atom is -0.469 e. The van der Waals surface area contributed by atoms with Gasteiger partial charge in [0.15, 0.2) is 0 Å². The molecule has 0 rings (SSSR count). The van der Waals surface area contributed by atoms with Gasteiger partial charge in [0.25, 0.3) is 0 Å². The molecule has 0 aliphatic heterocycles. The Bertz CT molecular complexity index is 486. The Balaban J connectivity index is 3.36. The van der Waals surface area contributed by atoms with Crippen LogP contribution < -0.4 is 0 Å². The number of carbonyl (C=O) groups excluding carboxylic acids is 1. The molecule has 0 aliphatic rings. The Morgan fingerprint density at radius 2 is 1.57 bits per heavy atom. The lowest BCUT2D eigenvalue weighted by molar-refractivity contribution is -0.140. The number of carbonyl (C=O) groups is 1. The fourth-order valence-electron chi connectivity index (χ4n) is 1.96. The van der Waals surface area contributed by atoms with Gasteiger partial charge >= 0.3 is 5.97 Å². The van der Waals surface area contributed by atoms with E-state index in [0.29, 0.717) is 6.42 Å². The molecular formula is C21H28O2. The van der Waals surface area contributed by atoms with Gasteiger partial charge < -0.3 is 4.74 Å². The van der Waals surface area contributed by atoms with E-state index in [1.165, 1.54) is 7.11 Å². The van der Waals surface area contributed by atoms with Crippen molar-refractivity contribution in [2.75, 3.05) is 7.11 Å². The van der Waals surface area contributed by atoms with Gasteiger partial charge in [0.05, 0.1) is 7.11 Å². The average Bonchev–Trinajstić information content (AvgIpc) is 2.57. The molecule has 0 fully saturated rings. The summed E-state index contributed by atoms with van der Waals surface area (Å²) in [6, 6.07) is 0. The average molecular weight is 312 g/mol. The van der Waals surface area contributed by atoms with Crippen LogP contribution in [0, 0.1) is 36.0 Å². The molecule has 23 heavy (non-hydrogen) atoms. The number of ether oxygens (including phenoxy) is 1. The maximum Gasteiger partial charge on any atom is 0.305 e. The lowest BCUT2D eigenvalue weighted by atomic mass is 10.1. The Kier molecular flexibility index (Phi) is 16.3. The first-order valence-corrected chi connectivity index (χ1v) is 8.45. The van der Waals surface area contributed by atoms with Crippen LogP contribution in [0.3, 0.4) is 0 Å². The summed E-state index contributed by atoms with van der Waals surface area (Å²) in [5.41, 5.74) is 0. The molecule has 0 aromatic heterocycles. The SMILES string of the molecule is C#C/C=C/CCCCC#CC#CCCCCCCCC(=O)OC. The Labute approximate surface area is 142 Å². The molecule has 0 aliphatic carbocycles. The van der Waals surface area contributed by atoms with Gasteiger partial charge in [-0.2, -0.15) is 0 Å². The number of hydrogen-bond donors (Lipinski definition) is 0. The summed E-state index contributed by atoms with van der Waals surface area (Å²) in [6.07, 6.45) is 19.9. The number of allylic oxidation sites excluding steroid dienone is 2. The van der Waals surface area contributed by atoms with Crippen LogP contribution in [0.25, 0.3) is 0 Å². The summed E-state index contributed by atoms with van der Waals surface area (Å²) in [5, 5.41) is 0. The summed E-state index contributed by atoms with van der Waals surface area (Å²) in [4.78, 5) is 10.9. The molecule has 0 saturated carbocycles. The smallest absolute Gasteiger partial charge is 0.305 e. The fourth-order valence-corrected chi connectivity index (χ4v) is 1.96. The van der Waals surface area contributed by atoms with E-state index in [1.807, 2.05) is 6.08 Å². The predicted molar refractivity (Wildman–Crippen MR) is 96.3 cm³/mol. The summed E-state index contributed by atoms with van der Waals surface area (Å²) in [5.74, 6) is 14.4. The van der Waals surface area contributed by atoms with Gasteiger partial charge in [-0.1, -0.05) is 43.1 Å². The molecule has 0 aromatic rings. The van der Waals surface area contributed by atoms with Gasteiger partial charge in [0.2, 0.25) is 0 Å². The first-order valence-electron chi connectivity index (χ1n) is 8.45. The Morgan fingerprint density at radius 1 is 0.957 bits per heavy atom. The summed E-state index contributed by atoms with van der Waals surface area (Å²) >= 11 is 0. The monoisotopic (exact) mass is 312 g/mol. The van der Waals surface area contributed by atoms with E-state index >= 15 is 0 Å². The molecule has 0 heterocycles. The molecule has 0 atom stereocenters. The van der Waals surface area contributed by atoms with E-state index in [9.17, 15) is 4.79 Å². The minimum atomic E-state index is -0.113. The molecule has 2 nitrogen and oxygen atoms in total. The van der Waals surface area contributed by atoms with Crippen molar-refractivity contribution in [1.82, 2.24) is 0 Å². The van der Waals surface area contributed by atoms with Crippen molar-refractivity contribution < 1.29 is 9.53 Å². The molecule has 0 unspecified atom stereocenters. The van der Waals surface area contributed by atoms with Crippen molar-refractivity contribution in [3.05, 3.63) is 12.2 Å². The molecule has 0 saturated heterocycles. The largest absolute Gasteiger partial charge is 0.469 e. The zero-order valence-corrected chi connectivity index (χ0v) is 14.3. The molecule has 0 radical (unpaired) electrons. The number of terminal acetylenes is 1. The van der Waals surface area contributed by atoms with Crippen molar-refractivity contribution in [2.24, 2.45) is 0 Å². The minimum absolute atomic E-state index is 0.113. The highest BCUT2D eigenvalue weighted by Crippen LogP contribution is 2.07. The summed E-state index contributed by atoms with van der Waals surface area (Å²) in [7, 11) is 1.43. The highest BCUT2D eigenvalue weighted by Gasteiger charge is 1.98. The highest BCUT2D eigenvalue weighted by atomic mass is 16.5. The third-order valence-corrected chi connectivity index (χ3v) is 3.29. The van der Waals surface area contributed by atoms with Gasteiger partial charge in [0.1, 0.15) is 0 Å². The first-order chi connectivity index (χ1) is 11.3. The van der Waals surface area contributed by atoms with E-state index in [-0.39, 0.29) is 5.97 Å². The van der Waals surface area contributed by atoms with Gasteiger partial charge in [-0.25, -0.2) is 0 Å². The zero-order valence-electron chi connectivity index (χ0n) is 14.3. The van der Waals surface area contributed by atoms with E-state index in [2.05, 4.69) is 34.3 Å². The van der Waals surface area contributed by atoms with Crippen molar-refractivity contribution in [3.63, 3.8) is 0 Å². The molecule has 124 valence electrons. The fraction of sp³-hybridized carbons (Fsp3) is 0.571. The molecular weight excluding hydrogens is 284 g/mol. The molecule has 2 heteroatoms. The van der Waals surface area contributed by atoms with Gasteiger partial charge in [0, 0.05) is 19.3 Å². The maximum absolute atomic E-state index is 10.9. The van der Waals surface area contributed by atoms with Crippen LogP contribution in [0.2, 0.25) is 0 Å². The quantitative estimate of drug-likeness (QED) is 0.315. The van der Waals surface area contributed by atoms with Gasteiger partial charge in [-0.05, 0) is 50.0 Å². The van der Waals surface area contributed by atoms with Crippen LogP contribution in [-0.2, 0) is 9.53 Å². The van der Waals surface area contributed by atoms with Crippen LogP contribution in [0.5, 0.6) is 0 Å². The van der Waals surface area contributed by atoms with Crippen LogP contribution in [0.15, 0.2) is 12.2 Å². The van der Waals surface area contributed by atoms with Crippen molar-refractivity contribution >= 4 is 5.97 Å². The van der Waals surface area contributed by atoms with E-state index < -0.39 is 0 Å². The van der Waals surface area contributed by atoms with Crippen LogP contribution in [0.1, 0.15) is 70.6 Å². The number of hydrogen-bond acceptors (Lipinski definition) is 2. The normalized spacial score (nSPS) is 9.39. The van der Waals surface area contributed by atoms with Crippen LogP contribution >= 0.6 is 0 Å². The molecule has 0 bridgehead atoms.